The van der Waals surface area contributed by atoms with Crippen LogP contribution in [0.3, 0.4) is 0 Å². The molecule has 0 saturated carbocycles. The number of hydrogen-bond donors (Lipinski definition) is 0. The quantitative estimate of drug-likeness (QED) is 0.0956. The van der Waals surface area contributed by atoms with Gasteiger partial charge in [0.25, 0.3) is 0 Å². The number of pyridine rings is 3. The van der Waals surface area contributed by atoms with E-state index in [1.54, 1.807) is 60.7 Å². The van der Waals surface area contributed by atoms with Crippen LogP contribution in [0.25, 0.3) is 66.8 Å². The Hall–Kier alpha value is -7.29. The van der Waals surface area contributed by atoms with Crippen LogP contribution in [0.4, 0.5) is 0 Å². The molecule has 0 aliphatic rings. The summed E-state index contributed by atoms with van der Waals surface area (Å²) >= 11 is 0. The average molecular weight is 1100 g/mol. The molecule has 6 aromatic carbocycles. The molecule has 0 aliphatic heterocycles. The van der Waals surface area contributed by atoms with Crippen LogP contribution in [0.15, 0.2) is 169 Å². The Morgan fingerprint density at radius 2 is 1.07 bits per heavy atom. The molecule has 0 amide bonds. The Labute approximate surface area is 442 Å². The van der Waals surface area contributed by atoms with Crippen molar-refractivity contribution in [3.63, 3.8) is 0 Å². The largest absolute Gasteiger partial charge is 3.00 e. The van der Waals surface area contributed by atoms with Crippen LogP contribution in [0.1, 0.15) is 106 Å². The van der Waals surface area contributed by atoms with E-state index < -0.39 is 54.9 Å². The Morgan fingerprint density at radius 1 is 0.529 bits per heavy atom. The van der Waals surface area contributed by atoms with Crippen LogP contribution in [0.5, 0.6) is 0 Å². The van der Waals surface area contributed by atoms with Gasteiger partial charge in [-0.15, -0.1) is 90.0 Å². The van der Waals surface area contributed by atoms with Gasteiger partial charge in [0.05, 0.1) is 17.2 Å². The molecular formula is C64H53IrN4O. The first-order valence-electron chi connectivity index (χ1n) is 28.8. The minimum atomic E-state index is -3.17. The van der Waals surface area contributed by atoms with Gasteiger partial charge in [-0.3, -0.25) is 0 Å². The Balaban J connectivity index is 0.00000810. The zero-order valence-electron chi connectivity index (χ0n) is 50.8. The molecular weight excluding hydrogens is 1030 g/mol. The molecule has 0 aliphatic carbocycles. The van der Waals surface area contributed by atoms with Gasteiger partial charge >= 0.3 is 20.1 Å². The average Bonchev–Trinajstić information content (AvgIpc) is 3.44. The first kappa shape index (κ1) is 34.9. The van der Waals surface area contributed by atoms with Crippen LogP contribution in [-0.2, 0) is 58.3 Å². The first-order chi connectivity index (χ1) is 38.3. The molecule has 0 atom stereocenters. The van der Waals surface area contributed by atoms with Gasteiger partial charge in [0, 0.05) is 46.0 Å². The number of nitrogens with zero attached hydrogens (tertiary/aromatic N) is 4. The molecule has 6 heteroatoms. The number of aryl methyl sites for hydroxylation is 6. The van der Waals surface area contributed by atoms with Crippen LogP contribution < -0.4 is 0 Å². The molecule has 0 saturated heterocycles. The van der Waals surface area contributed by atoms with Crippen LogP contribution in [-0.4, -0.2) is 15.0 Å². The molecule has 0 unspecified atom stereocenters. The van der Waals surface area contributed by atoms with Gasteiger partial charge < -0.3 is 19.4 Å². The normalized spacial score (nSPS) is 15.1. The van der Waals surface area contributed by atoms with Crippen molar-refractivity contribution in [1.82, 2.24) is 15.0 Å². The van der Waals surface area contributed by atoms with Crippen molar-refractivity contribution in [2.24, 2.45) is 0 Å². The van der Waals surface area contributed by atoms with Gasteiger partial charge in [-0.2, -0.15) is 5.26 Å². The van der Waals surface area contributed by atoms with Gasteiger partial charge in [0.1, 0.15) is 5.58 Å². The van der Waals surface area contributed by atoms with E-state index in [1.807, 2.05) is 82.3 Å². The molecule has 5 nitrogen and oxygen atoms in total. The van der Waals surface area contributed by atoms with E-state index in [1.165, 1.54) is 30.7 Å². The van der Waals surface area contributed by atoms with Gasteiger partial charge in [0.15, 0.2) is 0 Å². The number of hydrogen-bond acceptors (Lipinski definition) is 5. The van der Waals surface area contributed by atoms with Gasteiger partial charge in [-0.05, 0) is 123 Å². The molecule has 0 bridgehead atoms. The van der Waals surface area contributed by atoms with E-state index in [9.17, 15) is 21.7 Å². The summed E-state index contributed by atoms with van der Waals surface area (Å²) in [5, 5.41) is 11.6. The Bertz CT molecular complexity index is 3900. The fraction of sp³-hybridized carbons (Fsp3) is 0.188. The number of fused-ring (bicyclic) bond motifs is 3. The zero-order chi connectivity index (χ0) is 58.0. The zero-order valence-corrected chi connectivity index (χ0v) is 41.2. The molecule has 344 valence electrons. The van der Waals surface area contributed by atoms with Gasteiger partial charge in [-0.25, -0.2) is 0 Å². The topological polar surface area (TPSA) is 75.6 Å². The van der Waals surface area contributed by atoms with E-state index in [-0.39, 0.29) is 48.6 Å². The Kier molecular flexibility index (Phi) is 10.8. The first-order valence-corrected chi connectivity index (χ1v) is 22.8. The van der Waals surface area contributed by atoms with E-state index in [4.69, 9.17) is 4.42 Å². The maximum Gasteiger partial charge on any atom is 3.00 e. The molecule has 4 aromatic heterocycles. The van der Waals surface area contributed by atoms with Crippen LogP contribution in [0, 0.1) is 29.5 Å². The fourth-order valence-electron chi connectivity index (χ4n) is 8.37. The summed E-state index contributed by atoms with van der Waals surface area (Å²) < 4.78 is 123. The van der Waals surface area contributed by atoms with Crippen LogP contribution in [0.2, 0.25) is 0 Å². The summed E-state index contributed by atoms with van der Waals surface area (Å²) in [7, 11) is 0. The van der Waals surface area contributed by atoms with E-state index >= 15 is 0 Å². The monoisotopic (exact) mass is 1100 g/mol. The Morgan fingerprint density at radius 3 is 1.60 bits per heavy atom. The van der Waals surface area contributed by atoms with Crippen molar-refractivity contribution in [2.45, 2.75) is 77.8 Å². The summed E-state index contributed by atoms with van der Waals surface area (Å²) in [5.41, 5.74) is 4.17. The van der Waals surface area contributed by atoms with E-state index in [0.717, 1.165) is 29.1 Å². The predicted molar refractivity (Wildman–Crippen MR) is 280 cm³/mol. The number of furan rings is 1. The predicted octanol–water partition coefficient (Wildman–Crippen LogP) is 15.3. The third-order valence-corrected chi connectivity index (χ3v) is 11.9. The second-order valence-corrected chi connectivity index (χ2v) is 17.2. The van der Waals surface area contributed by atoms with Crippen LogP contribution >= 0.6 is 0 Å². The summed E-state index contributed by atoms with van der Waals surface area (Å²) in [5.74, 6) is -0.712. The summed E-state index contributed by atoms with van der Waals surface area (Å²) in [4.78, 5) is 13.7. The third kappa shape index (κ3) is 10.3. The van der Waals surface area contributed by atoms with Crippen molar-refractivity contribution in [3.05, 3.63) is 232 Å². The molecule has 4 heterocycles. The van der Waals surface area contributed by atoms with E-state index in [2.05, 4.69) is 39.2 Å². The second-order valence-electron chi connectivity index (χ2n) is 17.2. The van der Waals surface area contributed by atoms with Crippen molar-refractivity contribution in [1.29, 1.82) is 5.26 Å². The molecule has 10 aromatic rings. The number of aromatic nitrogens is 3. The van der Waals surface area contributed by atoms with Crippen molar-refractivity contribution in [2.75, 3.05) is 0 Å². The molecule has 70 heavy (non-hydrogen) atoms. The van der Waals surface area contributed by atoms with Gasteiger partial charge in [-0.1, -0.05) is 118 Å². The smallest absolute Gasteiger partial charge is 0.500 e. The minimum absolute atomic E-state index is 0. The fourth-order valence-corrected chi connectivity index (χ4v) is 8.37. The SMILES string of the molecule is [2H]C([2H])(c1ccc(-c2[c-]ccc3c2oc2c(-c4ccccc4)c(C#N)ccc23)nc1)C([2H])([2H])c1cc(C([2H])([2H])C([2H])([2H])c2cnc(-c3[c-]cccc3)cc2C(C)C)cc(C([2H])([2H])C([2H])([2H])c2cnc(-c3[c-]cccc3)cc2C(C)C)c1.[Ir+3]. The molecule has 0 radical (unpaired) electrons. The van der Waals surface area contributed by atoms with Crippen molar-refractivity contribution >= 4 is 21.9 Å². The number of nitriles is 1. The van der Waals surface area contributed by atoms with E-state index in [0.29, 0.717) is 72.6 Å². The summed E-state index contributed by atoms with van der Waals surface area (Å²) in [6.45, 7) is 7.30. The standard InChI is InChI=1S/C64H53N4O.Ir/c1-42(2)57-36-60(48-15-8-5-9-16-48)67-40-52(57)28-25-46-33-45(34-47(35-46)26-29-53-41-68-61(37-58(53)43(3)4)49-17-10-6-11-18-49)24-23-44-27-32-59(66-39-44)56-22-14-21-54-55-31-30-51(38-65)62(64(55)69-63(54)56)50-19-12-7-13-20-50;/h5-15,17,19-21,27,30-37,39-43H,23-26,28-29H2,1-4H3;/q-3;+3/i23D2,24D2,25D2,26D2,28D2,29D2;. The number of rotatable bonds is 15. The summed E-state index contributed by atoms with van der Waals surface area (Å²) in [6, 6.07) is 51.6. The maximum absolute atomic E-state index is 10.1. The molecule has 10 rings (SSSR count). The van der Waals surface area contributed by atoms with Gasteiger partial charge in [0.2, 0.25) is 0 Å². The van der Waals surface area contributed by atoms with Crippen molar-refractivity contribution in [3.8, 4) is 51.0 Å². The molecule has 0 fully saturated rings. The molecule has 0 spiro atoms. The molecule has 0 N–H and O–H groups in total. The minimum Gasteiger partial charge on any atom is -0.500 e. The van der Waals surface area contributed by atoms with Crippen molar-refractivity contribution < 1.29 is 41.0 Å². The number of benzene rings is 6. The summed E-state index contributed by atoms with van der Waals surface area (Å²) in [6.07, 6.45) is -14.7. The second kappa shape index (κ2) is 21.6. The third-order valence-electron chi connectivity index (χ3n) is 11.9. The maximum atomic E-state index is 10.1.